The number of rotatable bonds is 7. The largest absolute Gasteiger partial charge is 0.385 e. The predicted molar refractivity (Wildman–Crippen MR) is 126 cm³/mol. The molecule has 0 spiro atoms. The van der Waals surface area contributed by atoms with Gasteiger partial charge in [0.15, 0.2) is 0 Å². The summed E-state index contributed by atoms with van der Waals surface area (Å²) < 4.78 is 0. The highest BCUT2D eigenvalue weighted by Crippen LogP contribution is 2.19. The highest BCUT2D eigenvalue weighted by atomic mass is 15.1. The van der Waals surface area contributed by atoms with Gasteiger partial charge in [0.2, 0.25) is 0 Å². The Bertz CT molecular complexity index is 691. The first-order chi connectivity index (χ1) is 13.7. The number of nitrogens with zero attached hydrogens (tertiary/aromatic N) is 1. The van der Waals surface area contributed by atoms with Gasteiger partial charge in [0.1, 0.15) is 0 Å². The van der Waals surface area contributed by atoms with Crippen LogP contribution in [-0.2, 0) is 13.0 Å². The Hall–Kier alpha value is -2.32. The summed E-state index contributed by atoms with van der Waals surface area (Å²) in [4.78, 5) is 2.61. The average molecular weight is 379 g/mol. The second-order valence-electron chi connectivity index (χ2n) is 7.08. The van der Waals surface area contributed by atoms with Crippen LogP contribution in [0.1, 0.15) is 41.5 Å². The third-order valence-electron chi connectivity index (χ3n) is 5.20. The van der Waals surface area contributed by atoms with Crippen LogP contribution in [0.4, 0.5) is 5.69 Å². The van der Waals surface area contributed by atoms with Crippen molar-refractivity contribution in [3.8, 4) is 0 Å². The molecule has 0 saturated heterocycles. The molecule has 1 N–H and O–H groups in total. The molecule has 0 saturated carbocycles. The second kappa shape index (κ2) is 13.8. The van der Waals surface area contributed by atoms with Gasteiger partial charge in [-0.05, 0) is 74.0 Å². The van der Waals surface area contributed by atoms with Crippen molar-refractivity contribution >= 4 is 5.69 Å². The standard InChI is InChI=1S/C22H30N2.2C2H4/c1-18-10-11-22(16-19(18)2)23-13-6-3-7-14-24-15-12-20-8-4-5-9-21(20)17-24;2*1-2/h4-5,8-11,16,23H,3,6-7,12-15,17H2,1-2H3;2*1-2H2. The second-order valence-corrected chi connectivity index (χ2v) is 7.08. The molecule has 0 bridgehead atoms. The molecule has 0 amide bonds. The van der Waals surface area contributed by atoms with Crippen molar-refractivity contribution < 1.29 is 0 Å². The lowest BCUT2D eigenvalue weighted by molar-refractivity contribution is 0.248. The summed E-state index contributed by atoms with van der Waals surface area (Å²) in [6, 6.07) is 15.5. The Balaban J connectivity index is 0.000000921. The van der Waals surface area contributed by atoms with Crippen LogP contribution in [0.15, 0.2) is 68.8 Å². The summed E-state index contributed by atoms with van der Waals surface area (Å²) in [7, 11) is 0. The molecule has 2 nitrogen and oxygen atoms in total. The highest BCUT2D eigenvalue weighted by molar-refractivity contribution is 5.47. The molecule has 2 heteroatoms. The van der Waals surface area contributed by atoms with Gasteiger partial charge < -0.3 is 5.32 Å². The first kappa shape index (κ1) is 23.7. The highest BCUT2D eigenvalue weighted by Gasteiger charge is 2.14. The van der Waals surface area contributed by atoms with Crippen molar-refractivity contribution in [2.24, 2.45) is 0 Å². The molecular weight excluding hydrogens is 340 g/mol. The normalized spacial score (nSPS) is 12.6. The van der Waals surface area contributed by atoms with Crippen LogP contribution in [0.25, 0.3) is 0 Å². The lowest BCUT2D eigenvalue weighted by Gasteiger charge is -2.28. The fourth-order valence-corrected chi connectivity index (χ4v) is 3.47. The summed E-state index contributed by atoms with van der Waals surface area (Å²) in [6.45, 7) is 21.0. The first-order valence-electron chi connectivity index (χ1n) is 10.3. The molecule has 1 heterocycles. The fourth-order valence-electron chi connectivity index (χ4n) is 3.47. The summed E-state index contributed by atoms with van der Waals surface area (Å²) in [6.07, 6.45) is 5.06. The van der Waals surface area contributed by atoms with Crippen LogP contribution >= 0.6 is 0 Å². The lowest BCUT2D eigenvalue weighted by atomic mass is 10.00. The first-order valence-corrected chi connectivity index (χ1v) is 10.3. The van der Waals surface area contributed by atoms with E-state index in [-0.39, 0.29) is 0 Å². The van der Waals surface area contributed by atoms with Crippen LogP contribution in [0.3, 0.4) is 0 Å². The molecule has 152 valence electrons. The van der Waals surface area contributed by atoms with E-state index in [1.807, 2.05) is 0 Å². The zero-order valence-electron chi connectivity index (χ0n) is 18.0. The molecule has 1 aliphatic rings. The number of aryl methyl sites for hydroxylation is 2. The minimum atomic E-state index is 1.07. The molecule has 0 fully saturated rings. The van der Waals surface area contributed by atoms with Crippen molar-refractivity contribution in [1.82, 2.24) is 4.90 Å². The smallest absolute Gasteiger partial charge is 0.0342 e. The minimum Gasteiger partial charge on any atom is -0.385 e. The van der Waals surface area contributed by atoms with Crippen LogP contribution < -0.4 is 5.32 Å². The Kier molecular flexibility index (Phi) is 11.7. The van der Waals surface area contributed by atoms with Gasteiger partial charge in [0.05, 0.1) is 0 Å². The number of hydrogen-bond donors (Lipinski definition) is 1. The summed E-state index contributed by atoms with van der Waals surface area (Å²) in [5, 5.41) is 3.55. The van der Waals surface area contributed by atoms with E-state index in [0.717, 1.165) is 13.1 Å². The van der Waals surface area contributed by atoms with Crippen molar-refractivity contribution in [1.29, 1.82) is 0 Å². The van der Waals surface area contributed by atoms with Gasteiger partial charge >= 0.3 is 0 Å². The van der Waals surface area contributed by atoms with Gasteiger partial charge in [-0.15, -0.1) is 26.3 Å². The van der Waals surface area contributed by atoms with Crippen molar-refractivity contribution in [2.45, 2.75) is 46.1 Å². The quantitative estimate of drug-likeness (QED) is 0.434. The lowest BCUT2D eigenvalue weighted by Crippen LogP contribution is -2.31. The zero-order chi connectivity index (χ0) is 20.8. The monoisotopic (exact) mass is 378 g/mol. The van der Waals surface area contributed by atoms with Gasteiger partial charge in [-0.2, -0.15) is 0 Å². The minimum absolute atomic E-state index is 1.07. The molecule has 2 aromatic carbocycles. The van der Waals surface area contributed by atoms with Crippen LogP contribution in [0.2, 0.25) is 0 Å². The number of unbranched alkanes of at least 4 members (excludes halogenated alkanes) is 2. The number of anilines is 1. The van der Waals surface area contributed by atoms with Gasteiger partial charge in [-0.25, -0.2) is 0 Å². The number of benzene rings is 2. The summed E-state index contributed by atoms with van der Waals surface area (Å²) in [5.74, 6) is 0. The van der Waals surface area contributed by atoms with E-state index in [0.29, 0.717) is 0 Å². The van der Waals surface area contributed by atoms with E-state index in [1.54, 1.807) is 5.56 Å². The van der Waals surface area contributed by atoms with Crippen LogP contribution in [0.5, 0.6) is 0 Å². The van der Waals surface area contributed by atoms with Gasteiger partial charge in [0.25, 0.3) is 0 Å². The molecule has 0 radical (unpaired) electrons. The van der Waals surface area contributed by atoms with E-state index in [2.05, 4.69) is 92.8 Å². The molecule has 2 aromatic rings. The third-order valence-corrected chi connectivity index (χ3v) is 5.20. The fraction of sp³-hybridized carbons (Fsp3) is 0.385. The Morgan fingerprint density at radius 2 is 1.57 bits per heavy atom. The van der Waals surface area contributed by atoms with E-state index in [4.69, 9.17) is 0 Å². The molecule has 3 rings (SSSR count). The number of fused-ring (bicyclic) bond motifs is 1. The number of hydrogen-bond acceptors (Lipinski definition) is 2. The maximum Gasteiger partial charge on any atom is 0.0342 e. The Morgan fingerprint density at radius 1 is 0.857 bits per heavy atom. The van der Waals surface area contributed by atoms with Gasteiger partial charge in [-0.1, -0.05) is 36.8 Å². The summed E-state index contributed by atoms with van der Waals surface area (Å²) >= 11 is 0. The Morgan fingerprint density at radius 3 is 2.29 bits per heavy atom. The average Bonchev–Trinajstić information content (AvgIpc) is 2.76. The maximum absolute atomic E-state index is 3.55. The molecular formula is C26H38N2. The third kappa shape index (κ3) is 7.74. The van der Waals surface area contributed by atoms with E-state index in [1.165, 1.54) is 61.2 Å². The molecule has 1 aliphatic heterocycles. The Labute approximate surface area is 173 Å². The van der Waals surface area contributed by atoms with E-state index in [9.17, 15) is 0 Å². The molecule has 0 aromatic heterocycles. The van der Waals surface area contributed by atoms with Crippen molar-refractivity contribution in [3.63, 3.8) is 0 Å². The molecule has 0 aliphatic carbocycles. The van der Waals surface area contributed by atoms with Crippen LogP contribution in [0, 0.1) is 13.8 Å². The maximum atomic E-state index is 3.55. The SMILES string of the molecule is C=C.C=C.Cc1ccc(NCCCCCN2CCc3ccccc3C2)cc1C. The number of nitrogens with one attached hydrogen (secondary N) is 1. The van der Waals surface area contributed by atoms with Crippen molar-refractivity contribution in [2.75, 3.05) is 25.0 Å². The molecule has 0 atom stereocenters. The van der Waals surface area contributed by atoms with Gasteiger partial charge in [-0.3, -0.25) is 4.90 Å². The zero-order valence-corrected chi connectivity index (χ0v) is 18.0. The van der Waals surface area contributed by atoms with E-state index >= 15 is 0 Å². The van der Waals surface area contributed by atoms with Crippen LogP contribution in [-0.4, -0.2) is 24.5 Å². The van der Waals surface area contributed by atoms with Gasteiger partial charge in [0, 0.05) is 25.3 Å². The molecule has 0 unspecified atom stereocenters. The topological polar surface area (TPSA) is 15.3 Å². The van der Waals surface area contributed by atoms with E-state index < -0.39 is 0 Å². The van der Waals surface area contributed by atoms with Crippen molar-refractivity contribution in [3.05, 3.63) is 91.0 Å². The summed E-state index contributed by atoms with van der Waals surface area (Å²) in [5.41, 5.74) is 7.06. The molecule has 28 heavy (non-hydrogen) atoms. The predicted octanol–water partition coefficient (Wildman–Crippen LogP) is 6.55.